The fraction of sp³-hybridized carbons (Fsp3) is 0.357. The van der Waals surface area contributed by atoms with E-state index in [1.54, 1.807) is 20.0 Å². The van der Waals surface area contributed by atoms with E-state index in [9.17, 15) is 9.59 Å². The van der Waals surface area contributed by atoms with Crippen LogP contribution in [0.15, 0.2) is 30.6 Å². The van der Waals surface area contributed by atoms with Gasteiger partial charge in [0.1, 0.15) is 11.7 Å². The zero-order chi connectivity index (χ0) is 14.7. The average molecular weight is 275 g/mol. The number of pyridine rings is 1. The van der Waals surface area contributed by atoms with Crippen LogP contribution in [0.4, 0.5) is 0 Å². The predicted molar refractivity (Wildman–Crippen MR) is 73.3 cm³/mol. The molecule has 6 nitrogen and oxygen atoms in total. The molecule has 2 rings (SSSR count). The van der Waals surface area contributed by atoms with Gasteiger partial charge in [0.2, 0.25) is 5.91 Å². The van der Waals surface area contributed by atoms with Crippen molar-refractivity contribution in [2.45, 2.75) is 26.3 Å². The molecule has 0 aliphatic heterocycles. The van der Waals surface area contributed by atoms with Gasteiger partial charge in [-0.1, -0.05) is 19.9 Å². The summed E-state index contributed by atoms with van der Waals surface area (Å²) in [5, 5.41) is 11.6. The highest BCUT2D eigenvalue weighted by Crippen LogP contribution is 2.06. The topological polar surface area (TPSA) is 83.7 Å². The highest BCUT2D eigenvalue weighted by atomic mass is 16.4. The minimum absolute atomic E-state index is 0.0676. The van der Waals surface area contributed by atoms with Crippen LogP contribution in [0.1, 0.15) is 19.5 Å². The third-order valence-corrected chi connectivity index (χ3v) is 3.00. The Hall–Kier alpha value is -2.37. The highest BCUT2D eigenvalue weighted by molar-refractivity contribution is 5.84. The van der Waals surface area contributed by atoms with Crippen molar-refractivity contribution in [3.63, 3.8) is 0 Å². The second kappa shape index (κ2) is 5.73. The van der Waals surface area contributed by atoms with E-state index in [1.165, 1.54) is 0 Å². The minimum atomic E-state index is -1.02. The molecule has 2 aromatic rings. The number of imidazole rings is 1. The lowest BCUT2D eigenvalue weighted by Crippen LogP contribution is -2.44. The van der Waals surface area contributed by atoms with Crippen LogP contribution in [0.2, 0.25) is 0 Å². The third-order valence-electron chi connectivity index (χ3n) is 3.00. The number of carboxylic acids is 1. The van der Waals surface area contributed by atoms with Gasteiger partial charge in [0.15, 0.2) is 0 Å². The molecule has 0 unspecified atom stereocenters. The fourth-order valence-corrected chi connectivity index (χ4v) is 1.97. The number of fused-ring (bicyclic) bond motifs is 1. The molecule has 1 atom stereocenters. The number of carbonyl (C=O) groups is 2. The van der Waals surface area contributed by atoms with E-state index in [4.69, 9.17) is 5.11 Å². The summed E-state index contributed by atoms with van der Waals surface area (Å²) >= 11 is 0. The van der Waals surface area contributed by atoms with Crippen LogP contribution in [0.5, 0.6) is 0 Å². The number of carboxylic acid groups (broad SMARTS) is 1. The molecule has 2 aromatic heterocycles. The van der Waals surface area contributed by atoms with Gasteiger partial charge in [-0.3, -0.25) is 4.79 Å². The van der Waals surface area contributed by atoms with Crippen LogP contribution in [0, 0.1) is 5.92 Å². The SMILES string of the molecule is CC(C)[C@H](NC(=O)Cc1cn2ccccc2n1)C(=O)O. The molecule has 0 fully saturated rings. The molecule has 106 valence electrons. The monoisotopic (exact) mass is 275 g/mol. The lowest BCUT2D eigenvalue weighted by Gasteiger charge is -2.17. The van der Waals surface area contributed by atoms with E-state index in [1.807, 2.05) is 28.8 Å². The van der Waals surface area contributed by atoms with E-state index in [0.29, 0.717) is 5.69 Å². The lowest BCUT2D eigenvalue weighted by molar-refractivity contribution is -0.143. The van der Waals surface area contributed by atoms with Gasteiger partial charge in [0, 0.05) is 12.4 Å². The van der Waals surface area contributed by atoms with Crippen molar-refractivity contribution in [1.82, 2.24) is 14.7 Å². The third kappa shape index (κ3) is 3.14. The average Bonchev–Trinajstić information content (AvgIpc) is 2.77. The molecule has 0 bridgehead atoms. The number of carbonyl (C=O) groups excluding carboxylic acids is 1. The van der Waals surface area contributed by atoms with Gasteiger partial charge in [0.25, 0.3) is 0 Å². The number of rotatable bonds is 5. The van der Waals surface area contributed by atoms with Gasteiger partial charge in [-0.25, -0.2) is 9.78 Å². The Bertz CT molecular complexity index is 600. The Kier molecular flexibility index (Phi) is 4.02. The van der Waals surface area contributed by atoms with Gasteiger partial charge in [-0.05, 0) is 18.1 Å². The smallest absolute Gasteiger partial charge is 0.326 e. The number of aliphatic carboxylic acids is 1. The van der Waals surface area contributed by atoms with Crippen molar-refractivity contribution in [1.29, 1.82) is 0 Å². The van der Waals surface area contributed by atoms with E-state index in [-0.39, 0.29) is 18.2 Å². The zero-order valence-corrected chi connectivity index (χ0v) is 11.4. The molecule has 0 aliphatic rings. The van der Waals surface area contributed by atoms with Gasteiger partial charge >= 0.3 is 5.97 Å². The van der Waals surface area contributed by atoms with Crippen LogP contribution >= 0.6 is 0 Å². The van der Waals surface area contributed by atoms with E-state index >= 15 is 0 Å². The summed E-state index contributed by atoms with van der Waals surface area (Å²) in [5.74, 6) is -1.53. The summed E-state index contributed by atoms with van der Waals surface area (Å²) < 4.78 is 1.82. The summed E-state index contributed by atoms with van der Waals surface area (Å²) in [4.78, 5) is 27.2. The molecular formula is C14H17N3O3. The second-order valence-electron chi connectivity index (χ2n) is 5.00. The Morgan fingerprint density at radius 2 is 2.15 bits per heavy atom. The number of nitrogens with zero attached hydrogens (tertiary/aromatic N) is 2. The number of amides is 1. The first-order valence-electron chi connectivity index (χ1n) is 6.42. The molecule has 0 aromatic carbocycles. The van der Waals surface area contributed by atoms with Crippen molar-refractivity contribution in [3.05, 3.63) is 36.3 Å². The molecule has 0 saturated carbocycles. The Balaban J connectivity index is 2.05. The molecule has 1 amide bonds. The number of aromatic nitrogens is 2. The standard InChI is InChI=1S/C14H17N3O3/c1-9(2)13(14(19)20)16-12(18)7-10-8-17-6-4-3-5-11(17)15-10/h3-6,8-9,13H,7H2,1-2H3,(H,16,18)(H,19,20)/t13-/m0/s1. The van der Waals surface area contributed by atoms with Crippen molar-refractivity contribution in [3.8, 4) is 0 Å². The highest BCUT2D eigenvalue weighted by Gasteiger charge is 2.23. The Labute approximate surface area is 116 Å². The van der Waals surface area contributed by atoms with Crippen molar-refractivity contribution in [2.75, 3.05) is 0 Å². The maximum absolute atomic E-state index is 11.9. The van der Waals surface area contributed by atoms with E-state index in [0.717, 1.165) is 5.65 Å². The van der Waals surface area contributed by atoms with Gasteiger partial charge < -0.3 is 14.8 Å². The number of nitrogens with one attached hydrogen (secondary N) is 1. The van der Waals surface area contributed by atoms with Gasteiger partial charge in [-0.2, -0.15) is 0 Å². The number of hydrogen-bond donors (Lipinski definition) is 2. The molecule has 2 heterocycles. The van der Waals surface area contributed by atoms with Gasteiger partial charge in [-0.15, -0.1) is 0 Å². The number of hydrogen-bond acceptors (Lipinski definition) is 3. The summed E-state index contributed by atoms with van der Waals surface area (Å²) in [6.07, 6.45) is 3.68. The second-order valence-corrected chi connectivity index (χ2v) is 5.00. The van der Waals surface area contributed by atoms with Gasteiger partial charge in [0.05, 0.1) is 12.1 Å². The predicted octanol–water partition coefficient (Wildman–Crippen LogP) is 1.10. The molecule has 0 radical (unpaired) electrons. The normalized spacial score (nSPS) is 12.6. The molecule has 0 spiro atoms. The quantitative estimate of drug-likeness (QED) is 0.856. The largest absolute Gasteiger partial charge is 0.480 e. The van der Waals surface area contributed by atoms with Crippen molar-refractivity contribution in [2.24, 2.45) is 5.92 Å². The summed E-state index contributed by atoms with van der Waals surface area (Å²) in [6, 6.07) is 4.71. The summed E-state index contributed by atoms with van der Waals surface area (Å²) in [6.45, 7) is 3.51. The van der Waals surface area contributed by atoms with Crippen LogP contribution in [-0.4, -0.2) is 32.4 Å². The van der Waals surface area contributed by atoms with Crippen LogP contribution < -0.4 is 5.32 Å². The maximum atomic E-state index is 11.9. The van der Waals surface area contributed by atoms with Crippen molar-refractivity contribution < 1.29 is 14.7 Å². The first-order chi connectivity index (χ1) is 9.47. The minimum Gasteiger partial charge on any atom is -0.480 e. The first-order valence-corrected chi connectivity index (χ1v) is 6.42. The fourth-order valence-electron chi connectivity index (χ4n) is 1.97. The molecular weight excluding hydrogens is 258 g/mol. The van der Waals surface area contributed by atoms with Crippen LogP contribution in [0.25, 0.3) is 5.65 Å². The summed E-state index contributed by atoms with van der Waals surface area (Å²) in [7, 11) is 0. The molecule has 0 aliphatic carbocycles. The van der Waals surface area contributed by atoms with E-state index < -0.39 is 12.0 Å². The van der Waals surface area contributed by atoms with Crippen LogP contribution in [0.3, 0.4) is 0 Å². The Morgan fingerprint density at radius 3 is 2.75 bits per heavy atom. The molecule has 2 N–H and O–H groups in total. The first kappa shape index (κ1) is 14.0. The maximum Gasteiger partial charge on any atom is 0.326 e. The van der Waals surface area contributed by atoms with Crippen molar-refractivity contribution >= 4 is 17.5 Å². The van der Waals surface area contributed by atoms with Crippen LogP contribution in [-0.2, 0) is 16.0 Å². The molecule has 0 saturated heterocycles. The molecule has 20 heavy (non-hydrogen) atoms. The Morgan fingerprint density at radius 1 is 1.40 bits per heavy atom. The lowest BCUT2D eigenvalue weighted by atomic mass is 10.0. The zero-order valence-electron chi connectivity index (χ0n) is 11.4. The van der Waals surface area contributed by atoms with E-state index in [2.05, 4.69) is 10.3 Å². The molecule has 6 heteroatoms. The summed E-state index contributed by atoms with van der Waals surface area (Å²) in [5.41, 5.74) is 1.37.